The van der Waals surface area contributed by atoms with Gasteiger partial charge >= 0.3 is 0 Å². The lowest BCUT2D eigenvalue weighted by Gasteiger charge is -2.06. The summed E-state index contributed by atoms with van der Waals surface area (Å²) >= 11 is 0. The second kappa shape index (κ2) is 8.88. The number of hydrogen-bond donors (Lipinski definition) is 1. The summed E-state index contributed by atoms with van der Waals surface area (Å²) in [7, 11) is 0. The van der Waals surface area contributed by atoms with Gasteiger partial charge in [-0.05, 0) is 49.7 Å². The van der Waals surface area contributed by atoms with Crippen LogP contribution in [0.5, 0.6) is 11.5 Å². The second-order valence-electron chi connectivity index (χ2n) is 5.07. The van der Waals surface area contributed by atoms with E-state index in [4.69, 9.17) is 13.9 Å². The Kier molecular flexibility index (Phi) is 6.54. The van der Waals surface area contributed by atoms with E-state index in [1.807, 2.05) is 31.2 Å². The maximum absolute atomic E-state index is 11.8. The van der Waals surface area contributed by atoms with Gasteiger partial charge in [0.05, 0.1) is 6.61 Å². The molecule has 1 aromatic carbocycles. The van der Waals surface area contributed by atoms with Gasteiger partial charge in [-0.2, -0.15) is 0 Å². The monoisotopic (exact) mass is 317 g/mol. The lowest BCUT2D eigenvalue weighted by atomic mass is 10.3. The van der Waals surface area contributed by atoms with Crippen molar-refractivity contribution < 1.29 is 18.7 Å². The first-order chi connectivity index (χ1) is 11.2. The smallest absolute Gasteiger partial charge is 0.286 e. The highest BCUT2D eigenvalue weighted by Gasteiger charge is 2.10. The van der Waals surface area contributed by atoms with E-state index in [9.17, 15) is 4.79 Å². The number of nitrogens with one attached hydrogen (secondary N) is 1. The topological polar surface area (TPSA) is 60.7 Å². The number of hydrogen-bond acceptors (Lipinski definition) is 4. The molecular weight excluding hydrogens is 294 g/mol. The van der Waals surface area contributed by atoms with Gasteiger partial charge < -0.3 is 19.2 Å². The molecule has 2 aromatic rings. The first kappa shape index (κ1) is 16.9. The Bertz CT molecular complexity index is 604. The van der Waals surface area contributed by atoms with Crippen molar-refractivity contribution in [3.8, 4) is 11.5 Å². The van der Waals surface area contributed by atoms with Gasteiger partial charge in [0.1, 0.15) is 23.9 Å². The molecule has 0 fully saturated rings. The molecule has 5 heteroatoms. The van der Waals surface area contributed by atoms with Crippen molar-refractivity contribution in [2.24, 2.45) is 0 Å². The van der Waals surface area contributed by atoms with Gasteiger partial charge in [0.25, 0.3) is 5.91 Å². The highest BCUT2D eigenvalue weighted by Crippen LogP contribution is 2.19. The third kappa shape index (κ3) is 5.36. The molecule has 0 radical (unpaired) electrons. The molecule has 1 aromatic heterocycles. The zero-order valence-corrected chi connectivity index (χ0v) is 13.6. The predicted octanol–water partition coefficient (Wildman–Crippen LogP) is 3.79. The third-order valence-corrected chi connectivity index (χ3v) is 3.22. The average molecular weight is 317 g/mol. The Morgan fingerprint density at radius 3 is 2.39 bits per heavy atom. The van der Waals surface area contributed by atoms with Crippen LogP contribution < -0.4 is 14.8 Å². The van der Waals surface area contributed by atoms with Gasteiger partial charge in [0.2, 0.25) is 0 Å². The molecule has 0 aliphatic rings. The van der Waals surface area contributed by atoms with E-state index in [1.165, 1.54) is 0 Å². The number of carbonyl (C=O) groups is 1. The molecule has 0 saturated carbocycles. The van der Waals surface area contributed by atoms with Gasteiger partial charge in [-0.15, -0.1) is 0 Å². The maximum Gasteiger partial charge on any atom is 0.286 e. The highest BCUT2D eigenvalue weighted by molar-refractivity contribution is 5.91. The largest absolute Gasteiger partial charge is 0.494 e. The Hall–Kier alpha value is -2.43. The summed E-state index contributed by atoms with van der Waals surface area (Å²) in [6.45, 7) is 5.59. The molecule has 1 heterocycles. The molecule has 23 heavy (non-hydrogen) atoms. The van der Waals surface area contributed by atoms with Crippen LogP contribution in [0.2, 0.25) is 0 Å². The van der Waals surface area contributed by atoms with Crippen LogP contribution in [0.3, 0.4) is 0 Å². The van der Waals surface area contributed by atoms with E-state index in [0.717, 1.165) is 24.3 Å². The van der Waals surface area contributed by atoms with Crippen LogP contribution in [0.4, 0.5) is 0 Å². The molecule has 1 N–H and O–H groups in total. The Morgan fingerprint density at radius 1 is 1.04 bits per heavy atom. The highest BCUT2D eigenvalue weighted by atomic mass is 16.5. The van der Waals surface area contributed by atoms with E-state index in [-0.39, 0.29) is 12.5 Å². The van der Waals surface area contributed by atoms with Crippen molar-refractivity contribution >= 4 is 5.91 Å². The number of amides is 1. The Morgan fingerprint density at radius 2 is 1.74 bits per heavy atom. The fourth-order valence-electron chi connectivity index (χ4n) is 2.00. The minimum atomic E-state index is -0.189. The van der Waals surface area contributed by atoms with E-state index in [1.54, 1.807) is 12.1 Å². The van der Waals surface area contributed by atoms with Crippen molar-refractivity contribution in [2.45, 2.75) is 33.3 Å². The quantitative estimate of drug-likeness (QED) is 0.715. The van der Waals surface area contributed by atoms with Gasteiger partial charge in [0.15, 0.2) is 5.76 Å². The van der Waals surface area contributed by atoms with Crippen LogP contribution in [-0.2, 0) is 6.61 Å². The Balaban J connectivity index is 1.83. The second-order valence-corrected chi connectivity index (χ2v) is 5.07. The normalized spacial score (nSPS) is 10.3. The summed E-state index contributed by atoms with van der Waals surface area (Å²) in [4.78, 5) is 11.8. The SMILES string of the molecule is CCCCNC(=O)c1ccc(COc2ccc(OCC)cc2)o1. The summed E-state index contributed by atoms with van der Waals surface area (Å²) < 4.78 is 16.5. The van der Waals surface area contributed by atoms with Crippen LogP contribution in [0.1, 0.15) is 43.0 Å². The molecule has 1 amide bonds. The minimum absolute atomic E-state index is 0.189. The fraction of sp³-hybridized carbons (Fsp3) is 0.389. The van der Waals surface area contributed by atoms with Crippen molar-refractivity contribution in [2.75, 3.05) is 13.2 Å². The molecule has 124 valence electrons. The van der Waals surface area contributed by atoms with Crippen LogP contribution in [0, 0.1) is 0 Å². The molecule has 0 aliphatic heterocycles. The number of unbranched alkanes of at least 4 members (excludes halogenated alkanes) is 1. The van der Waals surface area contributed by atoms with Gasteiger partial charge in [0, 0.05) is 6.54 Å². The van der Waals surface area contributed by atoms with Crippen molar-refractivity contribution in [1.29, 1.82) is 0 Å². The standard InChI is InChI=1S/C18H23NO4/c1-3-5-12-19-18(20)17-11-10-16(23-17)13-22-15-8-6-14(7-9-15)21-4-2/h6-11H,3-5,12-13H2,1-2H3,(H,19,20). The van der Waals surface area contributed by atoms with Crippen LogP contribution >= 0.6 is 0 Å². The molecule has 5 nitrogen and oxygen atoms in total. The molecule has 0 aliphatic carbocycles. The molecule has 2 rings (SSSR count). The lowest BCUT2D eigenvalue weighted by molar-refractivity contribution is 0.0921. The summed E-state index contributed by atoms with van der Waals surface area (Å²) in [6.07, 6.45) is 2.00. The average Bonchev–Trinajstić information content (AvgIpc) is 3.04. The van der Waals surface area contributed by atoms with E-state index in [0.29, 0.717) is 24.7 Å². The maximum atomic E-state index is 11.8. The predicted molar refractivity (Wildman–Crippen MR) is 87.9 cm³/mol. The fourth-order valence-corrected chi connectivity index (χ4v) is 2.00. The van der Waals surface area contributed by atoms with Crippen LogP contribution in [-0.4, -0.2) is 19.1 Å². The van der Waals surface area contributed by atoms with Crippen LogP contribution in [0.15, 0.2) is 40.8 Å². The van der Waals surface area contributed by atoms with Crippen molar-refractivity contribution in [1.82, 2.24) is 5.32 Å². The molecule has 0 saturated heterocycles. The number of ether oxygens (including phenoxy) is 2. The number of carbonyl (C=O) groups excluding carboxylic acids is 1. The summed E-state index contributed by atoms with van der Waals surface area (Å²) in [5.41, 5.74) is 0. The lowest BCUT2D eigenvalue weighted by Crippen LogP contribution is -2.23. The zero-order chi connectivity index (χ0) is 16.5. The van der Waals surface area contributed by atoms with E-state index >= 15 is 0 Å². The van der Waals surface area contributed by atoms with Crippen LogP contribution in [0.25, 0.3) is 0 Å². The van der Waals surface area contributed by atoms with E-state index in [2.05, 4.69) is 12.2 Å². The minimum Gasteiger partial charge on any atom is -0.494 e. The molecular formula is C18H23NO4. The molecule has 0 spiro atoms. The zero-order valence-electron chi connectivity index (χ0n) is 13.6. The van der Waals surface area contributed by atoms with Crippen molar-refractivity contribution in [3.05, 3.63) is 47.9 Å². The van der Waals surface area contributed by atoms with E-state index < -0.39 is 0 Å². The van der Waals surface area contributed by atoms with Gasteiger partial charge in [-0.1, -0.05) is 13.3 Å². The molecule has 0 atom stereocenters. The summed E-state index contributed by atoms with van der Waals surface area (Å²) in [5.74, 6) is 2.26. The number of benzene rings is 1. The van der Waals surface area contributed by atoms with Gasteiger partial charge in [-0.3, -0.25) is 4.79 Å². The first-order valence-electron chi connectivity index (χ1n) is 7.95. The number of furan rings is 1. The first-order valence-corrected chi connectivity index (χ1v) is 7.95. The Labute approximate surface area is 136 Å². The molecule has 0 bridgehead atoms. The molecule has 0 unspecified atom stereocenters. The third-order valence-electron chi connectivity index (χ3n) is 3.22. The number of rotatable bonds is 9. The summed E-state index contributed by atoms with van der Waals surface area (Å²) in [5, 5.41) is 2.82. The summed E-state index contributed by atoms with van der Waals surface area (Å²) in [6, 6.07) is 10.8. The van der Waals surface area contributed by atoms with Crippen molar-refractivity contribution in [3.63, 3.8) is 0 Å². The van der Waals surface area contributed by atoms with Gasteiger partial charge in [-0.25, -0.2) is 0 Å².